The van der Waals surface area contributed by atoms with Gasteiger partial charge in [-0.15, -0.1) is 11.3 Å². The molecule has 0 spiro atoms. The number of amides is 1. The standard InChI is InChI=1S/C10H8ClN3OS/c11-10-14-8(5-16-10)9(15)13-7-4-2-1-3-6(7)12/h1-5H,12H2,(H,13,15). The molecule has 0 aliphatic heterocycles. The summed E-state index contributed by atoms with van der Waals surface area (Å²) in [7, 11) is 0. The van der Waals surface area contributed by atoms with Crippen molar-refractivity contribution in [3.8, 4) is 0 Å². The van der Waals surface area contributed by atoms with Gasteiger partial charge in [0.1, 0.15) is 5.69 Å². The third-order valence-electron chi connectivity index (χ3n) is 1.92. The summed E-state index contributed by atoms with van der Waals surface area (Å²) in [5, 5.41) is 4.26. The molecule has 16 heavy (non-hydrogen) atoms. The zero-order chi connectivity index (χ0) is 11.5. The van der Waals surface area contributed by atoms with Crippen LogP contribution in [0.5, 0.6) is 0 Å². The molecule has 0 aliphatic rings. The maximum absolute atomic E-state index is 11.7. The van der Waals surface area contributed by atoms with Crippen molar-refractivity contribution in [2.45, 2.75) is 0 Å². The Morgan fingerprint density at radius 3 is 2.81 bits per heavy atom. The lowest BCUT2D eigenvalue weighted by atomic mass is 10.2. The van der Waals surface area contributed by atoms with Crippen LogP contribution < -0.4 is 11.1 Å². The first-order valence-electron chi connectivity index (χ1n) is 4.43. The average Bonchev–Trinajstić information content (AvgIpc) is 2.68. The number of benzene rings is 1. The fourth-order valence-electron chi connectivity index (χ4n) is 1.15. The van der Waals surface area contributed by atoms with Gasteiger partial charge < -0.3 is 11.1 Å². The molecule has 6 heteroatoms. The van der Waals surface area contributed by atoms with Crippen molar-refractivity contribution < 1.29 is 4.79 Å². The Morgan fingerprint density at radius 1 is 1.44 bits per heavy atom. The quantitative estimate of drug-likeness (QED) is 0.809. The molecular weight excluding hydrogens is 246 g/mol. The highest BCUT2D eigenvalue weighted by molar-refractivity contribution is 7.14. The minimum absolute atomic E-state index is 0.290. The number of rotatable bonds is 2. The smallest absolute Gasteiger partial charge is 0.275 e. The molecule has 3 N–H and O–H groups in total. The summed E-state index contributed by atoms with van der Waals surface area (Å²) in [4.78, 5) is 15.6. The lowest BCUT2D eigenvalue weighted by molar-refractivity contribution is 0.102. The van der Waals surface area contributed by atoms with Crippen molar-refractivity contribution in [1.29, 1.82) is 0 Å². The second kappa shape index (κ2) is 4.51. The van der Waals surface area contributed by atoms with E-state index >= 15 is 0 Å². The number of halogens is 1. The number of carbonyl (C=O) groups excluding carboxylic acids is 1. The molecule has 2 rings (SSSR count). The number of nitrogens with zero attached hydrogens (tertiary/aromatic N) is 1. The number of carbonyl (C=O) groups is 1. The Balaban J connectivity index is 2.17. The van der Waals surface area contributed by atoms with E-state index in [1.807, 2.05) is 0 Å². The van der Waals surface area contributed by atoms with E-state index in [0.717, 1.165) is 0 Å². The van der Waals surface area contributed by atoms with E-state index in [-0.39, 0.29) is 5.91 Å². The van der Waals surface area contributed by atoms with Gasteiger partial charge in [0, 0.05) is 5.38 Å². The number of aromatic nitrogens is 1. The van der Waals surface area contributed by atoms with E-state index in [1.165, 1.54) is 11.3 Å². The highest BCUT2D eigenvalue weighted by Gasteiger charge is 2.10. The third-order valence-corrected chi connectivity index (χ3v) is 2.90. The first kappa shape index (κ1) is 10.9. The largest absolute Gasteiger partial charge is 0.397 e. The van der Waals surface area contributed by atoms with Gasteiger partial charge in [0.15, 0.2) is 4.47 Å². The Kier molecular flexibility index (Phi) is 3.07. The number of nitrogens with two attached hydrogens (primary N) is 1. The summed E-state index contributed by atoms with van der Waals surface area (Å²) in [5.41, 5.74) is 7.06. The van der Waals surface area contributed by atoms with Crippen LogP contribution in [0.3, 0.4) is 0 Å². The van der Waals surface area contributed by atoms with Gasteiger partial charge >= 0.3 is 0 Å². The normalized spacial score (nSPS) is 10.1. The van der Waals surface area contributed by atoms with E-state index in [2.05, 4.69) is 10.3 Å². The van der Waals surface area contributed by atoms with E-state index in [0.29, 0.717) is 21.5 Å². The SMILES string of the molecule is Nc1ccccc1NC(=O)c1csc(Cl)n1. The second-order valence-corrected chi connectivity index (χ2v) is 4.47. The minimum atomic E-state index is -0.318. The molecule has 1 amide bonds. The number of nitrogen functional groups attached to an aromatic ring is 1. The van der Waals surface area contributed by atoms with Gasteiger partial charge in [-0.25, -0.2) is 4.98 Å². The molecule has 1 aromatic carbocycles. The van der Waals surface area contributed by atoms with Crippen LogP contribution in [0.15, 0.2) is 29.6 Å². The first-order chi connectivity index (χ1) is 7.66. The van der Waals surface area contributed by atoms with Crippen molar-refractivity contribution in [1.82, 2.24) is 4.98 Å². The highest BCUT2D eigenvalue weighted by Crippen LogP contribution is 2.19. The van der Waals surface area contributed by atoms with E-state index < -0.39 is 0 Å². The fraction of sp³-hybridized carbons (Fsp3) is 0. The summed E-state index contributed by atoms with van der Waals surface area (Å²) in [6.45, 7) is 0. The van der Waals surface area contributed by atoms with E-state index in [4.69, 9.17) is 17.3 Å². The number of thiazole rings is 1. The van der Waals surface area contributed by atoms with Crippen molar-refractivity contribution >= 4 is 40.2 Å². The molecule has 0 saturated heterocycles. The van der Waals surface area contributed by atoms with Gasteiger partial charge in [-0.3, -0.25) is 4.79 Å². The van der Waals surface area contributed by atoms with Gasteiger partial charge in [0.2, 0.25) is 0 Å². The summed E-state index contributed by atoms with van der Waals surface area (Å²) < 4.78 is 0.339. The van der Waals surface area contributed by atoms with Crippen molar-refractivity contribution in [2.75, 3.05) is 11.1 Å². The summed E-state index contributed by atoms with van der Waals surface area (Å²) in [6, 6.07) is 7.02. The van der Waals surface area contributed by atoms with Crippen molar-refractivity contribution in [2.24, 2.45) is 0 Å². The summed E-state index contributed by atoms with van der Waals surface area (Å²) >= 11 is 6.85. The zero-order valence-corrected chi connectivity index (χ0v) is 9.68. The predicted molar refractivity (Wildman–Crippen MR) is 65.9 cm³/mol. The number of anilines is 2. The average molecular weight is 254 g/mol. The van der Waals surface area contributed by atoms with Crippen LogP contribution in [0.1, 0.15) is 10.5 Å². The van der Waals surface area contributed by atoms with Gasteiger partial charge in [0.25, 0.3) is 5.91 Å². The van der Waals surface area contributed by atoms with Crippen LogP contribution >= 0.6 is 22.9 Å². The highest BCUT2D eigenvalue weighted by atomic mass is 35.5. The number of hydrogen-bond acceptors (Lipinski definition) is 4. The number of para-hydroxylation sites is 2. The van der Waals surface area contributed by atoms with Crippen LogP contribution in [0.2, 0.25) is 4.47 Å². The fourth-order valence-corrected chi connectivity index (χ4v) is 1.90. The lowest BCUT2D eigenvalue weighted by Gasteiger charge is -2.05. The van der Waals surface area contributed by atoms with Crippen molar-refractivity contribution in [3.63, 3.8) is 0 Å². The second-order valence-electron chi connectivity index (χ2n) is 3.03. The maximum Gasteiger partial charge on any atom is 0.275 e. The van der Waals surface area contributed by atoms with Crippen LogP contribution in [0.25, 0.3) is 0 Å². The molecule has 0 fully saturated rings. The molecule has 0 bridgehead atoms. The van der Waals surface area contributed by atoms with Crippen LogP contribution in [-0.2, 0) is 0 Å². The van der Waals surface area contributed by atoms with Gasteiger partial charge in [-0.2, -0.15) is 0 Å². The molecular formula is C10H8ClN3OS. The number of hydrogen-bond donors (Lipinski definition) is 2. The summed E-state index contributed by atoms with van der Waals surface area (Å²) in [6.07, 6.45) is 0. The summed E-state index contributed by atoms with van der Waals surface area (Å²) in [5.74, 6) is -0.318. The number of nitrogens with one attached hydrogen (secondary N) is 1. The van der Waals surface area contributed by atoms with Gasteiger partial charge in [-0.1, -0.05) is 23.7 Å². The third kappa shape index (κ3) is 2.32. The minimum Gasteiger partial charge on any atom is -0.397 e. The molecule has 0 atom stereocenters. The predicted octanol–water partition coefficient (Wildman–Crippen LogP) is 2.63. The molecule has 82 valence electrons. The van der Waals surface area contributed by atoms with Crippen LogP contribution in [0.4, 0.5) is 11.4 Å². The molecule has 0 radical (unpaired) electrons. The molecule has 2 aromatic rings. The maximum atomic E-state index is 11.7. The Labute approximate surface area is 101 Å². The Morgan fingerprint density at radius 2 is 2.19 bits per heavy atom. The first-order valence-corrected chi connectivity index (χ1v) is 5.69. The van der Waals surface area contributed by atoms with E-state index in [1.54, 1.807) is 29.6 Å². The molecule has 0 unspecified atom stereocenters. The van der Waals surface area contributed by atoms with Crippen LogP contribution in [-0.4, -0.2) is 10.9 Å². The monoisotopic (exact) mass is 253 g/mol. The lowest BCUT2D eigenvalue weighted by Crippen LogP contribution is -2.13. The molecule has 0 saturated carbocycles. The molecule has 0 aliphatic carbocycles. The van der Waals surface area contributed by atoms with Crippen molar-refractivity contribution in [3.05, 3.63) is 39.8 Å². The van der Waals surface area contributed by atoms with E-state index in [9.17, 15) is 4.79 Å². The zero-order valence-electron chi connectivity index (χ0n) is 8.11. The molecule has 1 heterocycles. The Hall–Kier alpha value is -1.59. The van der Waals surface area contributed by atoms with Crippen LogP contribution in [0, 0.1) is 0 Å². The molecule has 1 aromatic heterocycles. The molecule has 4 nitrogen and oxygen atoms in total. The van der Waals surface area contributed by atoms with Gasteiger partial charge in [0.05, 0.1) is 11.4 Å². The topological polar surface area (TPSA) is 68.0 Å². The Bertz CT molecular complexity index is 526. The van der Waals surface area contributed by atoms with Gasteiger partial charge in [-0.05, 0) is 12.1 Å².